The zero-order valence-electron chi connectivity index (χ0n) is 11.2. The van der Waals surface area contributed by atoms with Crippen LogP contribution in [0.3, 0.4) is 0 Å². The lowest BCUT2D eigenvalue weighted by molar-refractivity contribution is 0.0976. The first kappa shape index (κ1) is 12.0. The fourth-order valence-corrected chi connectivity index (χ4v) is 2.60. The van der Waals surface area contributed by atoms with Gasteiger partial charge in [0.25, 0.3) is 5.91 Å². The number of benzene rings is 2. The van der Waals surface area contributed by atoms with Crippen molar-refractivity contribution >= 4 is 22.6 Å². The second-order valence-electron chi connectivity index (χ2n) is 4.91. The minimum Gasteiger partial charge on any atom is -0.490 e. The highest BCUT2D eigenvalue weighted by Gasteiger charge is 2.24. The number of fused-ring (bicyclic) bond motifs is 2. The molecule has 1 aromatic heterocycles. The summed E-state index contributed by atoms with van der Waals surface area (Å²) in [6, 6.07) is 13.1. The molecule has 1 aliphatic heterocycles. The molecule has 0 spiro atoms. The van der Waals surface area contributed by atoms with Crippen LogP contribution in [0.2, 0.25) is 0 Å². The third kappa shape index (κ3) is 1.94. The molecule has 0 unspecified atom stereocenters. The van der Waals surface area contributed by atoms with E-state index in [9.17, 15) is 4.79 Å². The van der Waals surface area contributed by atoms with Gasteiger partial charge in [-0.15, -0.1) is 0 Å². The lowest BCUT2D eigenvalue weighted by atomic mass is 10.1. The Morgan fingerprint density at radius 3 is 3.10 bits per heavy atom. The Hall–Kier alpha value is -2.82. The van der Waals surface area contributed by atoms with E-state index in [0.717, 1.165) is 22.5 Å². The van der Waals surface area contributed by atoms with Gasteiger partial charge in [-0.05, 0) is 30.3 Å². The number of hydrogen-bond acceptors (Lipinski definition) is 3. The summed E-state index contributed by atoms with van der Waals surface area (Å²) in [5.74, 6) is 0.724. The smallest absolute Gasteiger partial charge is 0.258 e. The maximum atomic E-state index is 12.8. The summed E-state index contributed by atoms with van der Waals surface area (Å²) in [5, 5.41) is 0. The van der Waals surface area contributed by atoms with Gasteiger partial charge in [0.2, 0.25) is 0 Å². The maximum absolute atomic E-state index is 12.8. The Morgan fingerprint density at radius 1 is 1.24 bits per heavy atom. The molecule has 1 amide bonds. The van der Waals surface area contributed by atoms with Crippen LogP contribution in [0.25, 0.3) is 11.0 Å². The van der Waals surface area contributed by atoms with Crippen molar-refractivity contribution in [3.63, 3.8) is 0 Å². The summed E-state index contributed by atoms with van der Waals surface area (Å²) in [6.45, 7) is 1.06. The highest BCUT2D eigenvalue weighted by atomic mass is 16.5. The monoisotopic (exact) mass is 279 g/mol. The third-order valence-electron chi connectivity index (χ3n) is 3.64. The van der Waals surface area contributed by atoms with Crippen molar-refractivity contribution in [1.82, 2.24) is 9.97 Å². The van der Waals surface area contributed by atoms with Crippen molar-refractivity contribution in [2.45, 2.75) is 0 Å². The predicted octanol–water partition coefficient (Wildman–Crippen LogP) is 2.60. The van der Waals surface area contributed by atoms with E-state index < -0.39 is 0 Å². The maximum Gasteiger partial charge on any atom is 0.258 e. The van der Waals surface area contributed by atoms with Crippen molar-refractivity contribution in [2.75, 3.05) is 18.1 Å². The van der Waals surface area contributed by atoms with E-state index in [4.69, 9.17) is 4.74 Å². The number of hydrogen-bond donors (Lipinski definition) is 1. The molecule has 3 aromatic rings. The number of amides is 1. The molecule has 0 radical (unpaired) electrons. The van der Waals surface area contributed by atoms with E-state index in [1.54, 1.807) is 11.2 Å². The Bertz CT molecular complexity index is 825. The van der Waals surface area contributed by atoms with Gasteiger partial charge in [0, 0.05) is 5.56 Å². The molecule has 5 heteroatoms. The van der Waals surface area contributed by atoms with Crippen LogP contribution in [0.1, 0.15) is 10.4 Å². The quantitative estimate of drug-likeness (QED) is 0.745. The van der Waals surface area contributed by atoms with Gasteiger partial charge in [0.1, 0.15) is 12.4 Å². The lowest BCUT2D eigenvalue weighted by Gasteiger charge is -2.29. The first-order valence-corrected chi connectivity index (χ1v) is 6.80. The molecule has 0 bridgehead atoms. The number of rotatable bonds is 1. The summed E-state index contributed by atoms with van der Waals surface area (Å²) < 4.78 is 5.59. The molecule has 1 aliphatic rings. The number of imidazole rings is 1. The van der Waals surface area contributed by atoms with Gasteiger partial charge in [0.15, 0.2) is 0 Å². The number of carbonyl (C=O) groups excluding carboxylic acids is 1. The molecular formula is C16H13N3O2. The van der Waals surface area contributed by atoms with Gasteiger partial charge in [0.05, 0.1) is 29.6 Å². The number of H-pyrrole nitrogens is 1. The minimum atomic E-state index is -0.0257. The van der Waals surface area contributed by atoms with Gasteiger partial charge >= 0.3 is 0 Å². The van der Waals surface area contributed by atoms with Crippen molar-refractivity contribution in [1.29, 1.82) is 0 Å². The van der Waals surface area contributed by atoms with Gasteiger partial charge in [-0.1, -0.05) is 12.1 Å². The average molecular weight is 279 g/mol. The molecule has 4 rings (SSSR count). The lowest BCUT2D eigenvalue weighted by Crippen LogP contribution is -2.37. The van der Waals surface area contributed by atoms with E-state index in [1.165, 1.54) is 0 Å². The molecule has 2 heterocycles. The van der Waals surface area contributed by atoms with Crippen LogP contribution >= 0.6 is 0 Å². The number of nitrogens with zero attached hydrogens (tertiary/aromatic N) is 2. The van der Waals surface area contributed by atoms with Crippen molar-refractivity contribution < 1.29 is 9.53 Å². The molecule has 5 nitrogen and oxygen atoms in total. The zero-order valence-corrected chi connectivity index (χ0v) is 11.2. The number of anilines is 1. The summed E-state index contributed by atoms with van der Waals surface area (Å²) in [5.41, 5.74) is 3.18. The highest BCUT2D eigenvalue weighted by Crippen LogP contribution is 2.32. The first-order valence-electron chi connectivity index (χ1n) is 6.80. The van der Waals surface area contributed by atoms with Gasteiger partial charge < -0.3 is 14.6 Å². The van der Waals surface area contributed by atoms with Crippen LogP contribution < -0.4 is 9.64 Å². The van der Waals surface area contributed by atoms with Crippen LogP contribution in [0.15, 0.2) is 48.8 Å². The Morgan fingerprint density at radius 2 is 2.14 bits per heavy atom. The minimum absolute atomic E-state index is 0.0257. The Kier molecular flexibility index (Phi) is 2.64. The Balaban J connectivity index is 1.75. The standard InChI is InChI=1S/C16H13N3O2/c20-16(11-5-6-12-13(9-11)18-10-17-12)19-7-8-21-15-4-2-1-3-14(15)19/h1-6,9-10H,7-8H2,(H,17,18). The number of carbonyl (C=O) groups is 1. The van der Waals surface area contributed by atoms with E-state index >= 15 is 0 Å². The van der Waals surface area contributed by atoms with Crippen molar-refractivity contribution in [3.8, 4) is 5.75 Å². The van der Waals surface area contributed by atoms with Gasteiger partial charge in [-0.25, -0.2) is 4.98 Å². The molecule has 0 aliphatic carbocycles. The molecule has 1 N–H and O–H groups in total. The molecule has 0 fully saturated rings. The number of aromatic amines is 1. The first-order chi connectivity index (χ1) is 10.3. The van der Waals surface area contributed by atoms with Crippen molar-refractivity contribution in [3.05, 3.63) is 54.4 Å². The highest BCUT2D eigenvalue weighted by molar-refractivity contribution is 6.08. The molecular weight excluding hydrogens is 266 g/mol. The number of ether oxygens (including phenoxy) is 1. The summed E-state index contributed by atoms with van der Waals surface area (Å²) in [6.07, 6.45) is 1.63. The van der Waals surface area contributed by atoms with Crippen LogP contribution in [0, 0.1) is 0 Å². The SMILES string of the molecule is O=C(c1ccc2nc[nH]c2c1)N1CCOc2ccccc21. The fourth-order valence-electron chi connectivity index (χ4n) is 2.60. The second-order valence-corrected chi connectivity index (χ2v) is 4.91. The van der Waals surface area contributed by atoms with Crippen LogP contribution in [0.4, 0.5) is 5.69 Å². The number of nitrogens with one attached hydrogen (secondary N) is 1. The fraction of sp³-hybridized carbons (Fsp3) is 0.125. The molecule has 0 atom stereocenters. The van der Waals surface area contributed by atoms with E-state index in [-0.39, 0.29) is 5.91 Å². The summed E-state index contributed by atoms with van der Waals surface area (Å²) >= 11 is 0. The number of aromatic nitrogens is 2. The second kappa shape index (κ2) is 4.63. The topological polar surface area (TPSA) is 58.2 Å². The molecule has 0 saturated carbocycles. The Labute approximate surface area is 121 Å². The normalized spacial score (nSPS) is 13.8. The molecule has 21 heavy (non-hydrogen) atoms. The van der Waals surface area contributed by atoms with Crippen molar-refractivity contribution in [2.24, 2.45) is 0 Å². The summed E-state index contributed by atoms with van der Waals surface area (Å²) in [4.78, 5) is 21.7. The van der Waals surface area contributed by atoms with E-state index in [1.807, 2.05) is 42.5 Å². The average Bonchev–Trinajstić information content (AvgIpc) is 3.01. The zero-order chi connectivity index (χ0) is 14.2. The van der Waals surface area contributed by atoms with Crippen LogP contribution in [-0.4, -0.2) is 29.0 Å². The van der Waals surface area contributed by atoms with Crippen LogP contribution in [0.5, 0.6) is 5.75 Å². The van der Waals surface area contributed by atoms with Gasteiger partial charge in [-0.2, -0.15) is 0 Å². The third-order valence-corrected chi connectivity index (χ3v) is 3.64. The van der Waals surface area contributed by atoms with E-state index in [0.29, 0.717) is 18.7 Å². The van der Waals surface area contributed by atoms with E-state index in [2.05, 4.69) is 9.97 Å². The predicted molar refractivity (Wildman–Crippen MR) is 79.7 cm³/mol. The molecule has 104 valence electrons. The summed E-state index contributed by atoms with van der Waals surface area (Å²) in [7, 11) is 0. The van der Waals surface area contributed by atoms with Crippen LogP contribution in [-0.2, 0) is 0 Å². The largest absolute Gasteiger partial charge is 0.490 e. The van der Waals surface area contributed by atoms with Gasteiger partial charge in [-0.3, -0.25) is 4.79 Å². The number of para-hydroxylation sites is 2. The molecule has 2 aromatic carbocycles. The molecule has 0 saturated heterocycles.